The highest BCUT2D eigenvalue weighted by atomic mass is 16.2. The third-order valence-electron chi connectivity index (χ3n) is 3.38. The van der Waals surface area contributed by atoms with Crippen molar-refractivity contribution in [3.8, 4) is 0 Å². The van der Waals surface area contributed by atoms with Gasteiger partial charge < -0.3 is 10.6 Å². The molecular formula is C13H16N4O. The van der Waals surface area contributed by atoms with Crippen LogP contribution in [0.5, 0.6) is 0 Å². The lowest BCUT2D eigenvalue weighted by molar-refractivity contribution is 0.239. The average molecular weight is 244 g/mol. The second-order valence-corrected chi connectivity index (χ2v) is 4.71. The molecule has 2 aliphatic rings. The van der Waals surface area contributed by atoms with E-state index in [1.807, 2.05) is 6.92 Å². The Bertz CT molecular complexity index is 524. The molecule has 18 heavy (non-hydrogen) atoms. The van der Waals surface area contributed by atoms with Crippen molar-refractivity contribution >= 4 is 17.4 Å². The molecule has 0 saturated carbocycles. The van der Waals surface area contributed by atoms with E-state index in [0.29, 0.717) is 0 Å². The number of nitrogens with zero attached hydrogens (tertiary/aromatic N) is 1. The summed E-state index contributed by atoms with van der Waals surface area (Å²) in [6, 6.07) is 6.01. The Balaban J connectivity index is 1.95. The van der Waals surface area contributed by atoms with Crippen LogP contribution in [-0.4, -0.2) is 24.3 Å². The van der Waals surface area contributed by atoms with E-state index in [4.69, 9.17) is 0 Å². The summed E-state index contributed by atoms with van der Waals surface area (Å²) in [5, 5.41) is 10.3. The Hall–Kier alpha value is -2.04. The molecule has 1 aromatic carbocycles. The van der Waals surface area contributed by atoms with Gasteiger partial charge in [-0.15, -0.1) is 0 Å². The van der Waals surface area contributed by atoms with E-state index in [2.05, 4.69) is 39.4 Å². The van der Waals surface area contributed by atoms with Gasteiger partial charge in [-0.25, -0.2) is 10.2 Å². The van der Waals surface area contributed by atoms with Crippen LogP contribution >= 0.6 is 0 Å². The first-order valence-electron chi connectivity index (χ1n) is 6.25. The number of benzene rings is 1. The van der Waals surface area contributed by atoms with E-state index >= 15 is 0 Å². The summed E-state index contributed by atoms with van der Waals surface area (Å²) >= 11 is 0. The highest BCUT2D eigenvalue weighted by Gasteiger charge is 2.21. The molecule has 94 valence electrons. The number of hydrazone groups is 1. The number of anilines is 1. The van der Waals surface area contributed by atoms with Gasteiger partial charge in [0.15, 0.2) is 0 Å². The molecule has 2 amide bonds. The van der Waals surface area contributed by atoms with Crippen molar-refractivity contribution < 1.29 is 4.79 Å². The van der Waals surface area contributed by atoms with Crippen molar-refractivity contribution in [1.29, 1.82) is 0 Å². The molecule has 0 fully saturated rings. The van der Waals surface area contributed by atoms with Gasteiger partial charge in [0.2, 0.25) is 0 Å². The van der Waals surface area contributed by atoms with Gasteiger partial charge >= 0.3 is 6.03 Å². The van der Waals surface area contributed by atoms with Gasteiger partial charge in [-0.2, -0.15) is 5.10 Å². The number of aryl methyl sites for hydroxylation is 1. The van der Waals surface area contributed by atoms with Crippen molar-refractivity contribution in [3.63, 3.8) is 0 Å². The zero-order valence-corrected chi connectivity index (χ0v) is 10.3. The van der Waals surface area contributed by atoms with Crippen molar-refractivity contribution in [2.24, 2.45) is 5.10 Å². The minimum absolute atomic E-state index is 0.0691. The Kier molecular flexibility index (Phi) is 2.66. The summed E-state index contributed by atoms with van der Waals surface area (Å²) in [7, 11) is 0. The molecule has 0 aliphatic carbocycles. The first kappa shape index (κ1) is 11.1. The largest absolute Gasteiger partial charge is 0.385 e. The van der Waals surface area contributed by atoms with Crippen LogP contribution in [0.2, 0.25) is 0 Å². The maximum absolute atomic E-state index is 11.1. The number of nitrogens with one attached hydrogen (secondary N) is 3. The highest BCUT2D eigenvalue weighted by Crippen LogP contribution is 2.24. The molecular weight excluding hydrogens is 228 g/mol. The Morgan fingerprint density at radius 2 is 2.28 bits per heavy atom. The van der Waals surface area contributed by atoms with Crippen LogP contribution in [0.15, 0.2) is 23.3 Å². The van der Waals surface area contributed by atoms with Crippen LogP contribution in [0.25, 0.3) is 0 Å². The Morgan fingerprint density at radius 1 is 1.39 bits per heavy atom. The SMILES string of the molecule is CC1NC(=O)NN=C1c1ccc2c(c1)NCCC2. The number of fused-ring (bicyclic) bond motifs is 1. The molecule has 2 aliphatic heterocycles. The lowest BCUT2D eigenvalue weighted by Crippen LogP contribution is -2.48. The van der Waals surface area contributed by atoms with Gasteiger partial charge in [0.05, 0.1) is 11.8 Å². The first-order valence-corrected chi connectivity index (χ1v) is 6.25. The summed E-state index contributed by atoms with van der Waals surface area (Å²) in [5.74, 6) is 0. The van der Waals surface area contributed by atoms with E-state index < -0.39 is 0 Å². The molecule has 3 N–H and O–H groups in total. The van der Waals surface area contributed by atoms with Crippen molar-refractivity contribution in [2.45, 2.75) is 25.8 Å². The fourth-order valence-electron chi connectivity index (χ4n) is 2.44. The number of hydrogen-bond donors (Lipinski definition) is 3. The van der Waals surface area contributed by atoms with Gasteiger partial charge in [0, 0.05) is 17.8 Å². The lowest BCUT2D eigenvalue weighted by Gasteiger charge is -2.23. The highest BCUT2D eigenvalue weighted by molar-refractivity contribution is 6.07. The maximum atomic E-state index is 11.1. The molecule has 0 saturated heterocycles. The summed E-state index contributed by atoms with van der Waals surface area (Å²) < 4.78 is 0. The summed E-state index contributed by atoms with van der Waals surface area (Å²) in [4.78, 5) is 11.1. The predicted molar refractivity (Wildman–Crippen MR) is 70.9 cm³/mol. The van der Waals surface area contributed by atoms with Crippen LogP contribution < -0.4 is 16.1 Å². The van der Waals surface area contributed by atoms with E-state index in [0.717, 1.165) is 24.2 Å². The van der Waals surface area contributed by atoms with Crippen LogP contribution in [0, 0.1) is 0 Å². The molecule has 2 heterocycles. The number of hydrogen-bond acceptors (Lipinski definition) is 3. The second-order valence-electron chi connectivity index (χ2n) is 4.71. The topological polar surface area (TPSA) is 65.5 Å². The van der Waals surface area contributed by atoms with E-state index in [9.17, 15) is 4.79 Å². The number of rotatable bonds is 1. The molecule has 5 nitrogen and oxygen atoms in total. The van der Waals surface area contributed by atoms with Crippen LogP contribution in [0.4, 0.5) is 10.5 Å². The molecule has 1 unspecified atom stereocenters. The van der Waals surface area contributed by atoms with Crippen LogP contribution in [0.1, 0.15) is 24.5 Å². The summed E-state index contributed by atoms with van der Waals surface area (Å²) in [6.45, 7) is 2.96. The molecule has 1 aromatic rings. The fraction of sp³-hybridized carbons (Fsp3) is 0.385. The standard InChI is InChI=1S/C13H16N4O/c1-8-12(16-17-13(18)15-8)10-5-4-9-3-2-6-14-11(9)7-10/h4-5,7-8,14H,2-3,6H2,1H3,(H2,15,17,18). The summed E-state index contributed by atoms with van der Waals surface area (Å²) in [5.41, 5.74) is 6.91. The number of carbonyl (C=O) groups is 1. The van der Waals surface area contributed by atoms with Crippen molar-refractivity contribution in [1.82, 2.24) is 10.7 Å². The Morgan fingerprint density at radius 3 is 3.11 bits per heavy atom. The molecule has 3 rings (SSSR count). The monoisotopic (exact) mass is 244 g/mol. The second kappa shape index (κ2) is 4.33. The van der Waals surface area contributed by atoms with Gasteiger partial charge in [-0.05, 0) is 31.4 Å². The van der Waals surface area contributed by atoms with E-state index in [1.54, 1.807) is 0 Å². The van der Waals surface area contributed by atoms with Crippen molar-refractivity contribution in [2.75, 3.05) is 11.9 Å². The van der Waals surface area contributed by atoms with Gasteiger partial charge in [0.25, 0.3) is 0 Å². The predicted octanol–water partition coefficient (Wildman–Crippen LogP) is 1.45. The van der Waals surface area contributed by atoms with Gasteiger partial charge in [-0.3, -0.25) is 0 Å². The van der Waals surface area contributed by atoms with Crippen LogP contribution in [0.3, 0.4) is 0 Å². The maximum Gasteiger partial charge on any atom is 0.335 e. The lowest BCUT2D eigenvalue weighted by atomic mass is 9.97. The third-order valence-corrected chi connectivity index (χ3v) is 3.38. The Labute approximate surface area is 106 Å². The fourth-order valence-corrected chi connectivity index (χ4v) is 2.44. The molecule has 0 bridgehead atoms. The van der Waals surface area contributed by atoms with E-state index in [-0.39, 0.29) is 12.1 Å². The smallest absolute Gasteiger partial charge is 0.335 e. The quantitative estimate of drug-likeness (QED) is 0.700. The molecule has 0 spiro atoms. The van der Waals surface area contributed by atoms with Gasteiger partial charge in [0.1, 0.15) is 0 Å². The zero-order valence-electron chi connectivity index (χ0n) is 10.3. The minimum atomic E-state index is -0.248. The molecule has 0 aromatic heterocycles. The number of carbonyl (C=O) groups excluding carboxylic acids is 1. The zero-order chi connectivity index (χ0) is 12.5. The molecule has 0 radical (unpaired) electrons. The summed E-state index contributed by atoms with van der Waals surface area (Å²) in [6.07, 6.45) is 2.31. The number of urea groups is 1. The normalized spacial score (nSPS) is 22.2. The molecule has 1 atom stereocenters. The third kappa shape index (κ3) is 1.92. The molecule has 5 heteroatoms. The average Bonchev–Trinajstić information content (AvgIpc) is 2.38. The number of amides is 2. The first-order chi connectivity index (χ1) is 8.74. The van der Waals surface area contributed by atoms with Crippen molar-refractivity contribution in [3.05, 3.63) is 29.3 Å². The van der Waals surface area contributed by atoms with E-state index in [1.165, 1.54) is 17.7 Å². The minimum Gasteiger partial charge on any atom is -0.385 e. The van der Waals surface area contributed by atoms with Crippen LogP contribution in [-0.2, 0) is 6.42 Å². The van der Waals surface area contributed by atoms with Gasteiger partial charge in [-0.1, -0.05) is 12.1 Å².